The zero-order chi connectivity index (χ0) is 13.8. The van der Waals surface area contributed by atoms with Crippen LogP contribution in [0.3, 0.4) is 0 Å². The van der Waals surface area contributed by atoms with Crippen molar-refractivity contribution in [1.82, 2.24) is 15.1 Å². The highest BCUT2D eigenvalue weighted by atomic mass is 16.3. The number of hydrogen-bond donors (Lipinski definition) is 2. The van der Waals surface area contributed by atoms with Crippen LogP contribution >= 0.6 is 0 Å². The van der Waals surface area contributed by atoms with E-state index in [-0.39, 0.29) is 37.2 Å². The van der Waals surface area contributed by atoms with Gasteiger partial charge in [0.05, 0.1) is 12.6 Å². The molecule has 1 aliphatic carbocycles. The van der Waals surface area contributed by atoms with Gasteiger partial charge >= 0.3 is 6.03 Å². The molecule has 2 N–H and O–H groups in total. The molecule has 2 rings (SSSR count). The molecule has 0 radical (unpaired) electrons. The number of aliphatic hydroxyl groups excluding tert-OH is 1. The van der Waals surface area contributed by atoms with Crippen molar-refractivity contribution in [2.75, 3.05) is 26.7 Å². The highest BCUT2D eigenvalue weighted by Gasteiger charge is 2.32. The van der Waals surface area contributed by atoms with Gasteiger partial charge in [0.15, 0.2) is 0 Å². The Hall–Kier alpha value is -1.30. The molecule has 0 aromatic rings. The van der Waals surface area contributed by atoms with Gasteiger partial charge in [-0.1, -0.05) is 12.8 Å². The van der Waals surface area contributed by atoms with Crippen molar-refractivity contribution >= 4 is 11.9 Å². The first-order valence-corrected chi connectivity index (χ1v) is 7.03. The number of aliphatic hydroxyl groups is 1. The van der Waals surface area contributed by atoms with Crippen molar-refractivity contribution in [3.8, 4) is 0 Å². The first-order chi connectivity index (χ1) is 9.11. The molecule has 1 saturated heterocycles. The molecular formula is C13H23N3O3. The van der Waals surface area contributed by atoms with Crippen molar-refractivity contribution in [3.05, 3.63) is 0 Å². The van der Waals surface area contributed by atoms with E-state index in [1.54, 1.807) is 11.9 Å². The van der Waals surface area contributed by atoms with Gasteiger partial charge in [0.25, 0.3) is 0 Å². The van der Waals surface area contributed by atoms with Gasteiger partial charge in [-0.2, -0.15) is 0 Å². The maximum Gasteiger partial charge on any atom is 0.317 e. The van der Waals surface area contributed by atoms with Crippen molar-refractivity contribution in [3.63, 3.8) is 0 Å². The summed E-state index contributed by atoms with van der Waals surface area (Å²) in [5.41, 5.74) is 0. The Morgan fingerprint density at radius 1 is 1.32 bits per heavy atom. The van der Waals surface area contributed by atoms with Crippen LogP contribution in [0.4, 0.5) is 4.79 Å². The molecule has 0 aromatic heterocycles. The quantitative estimate of drug-likeness (QED) is 0.764. The SMILES string of the molecule is CN(CC(=O)N1CCC1CO)C(=O)NC1CCCC1. The van der Waals surface area contributed by atoms with Gasteiger partial charge in [-0.15, -0.1) is 0 Å². The lowest BCUT2D eigenvalue weighted by atomic mass is 10.0. The van der Waals surface area contributed by atoms with E-state index in [0.717, 1.165) is 19.3 Å². The molecule has 19 heavy (non-hydrogen) atoms. The molecule has 1 aliphatic heterocycles. The summed E-state index contributed by atoms with van der Waals surface area (Å²) in [6.45, 7) is 0.765. The first kappa shape index (κ1) is 14.1. The van der Waals surface area contributed by atoms with Gasteiger partial charge in [-0.3, -0.25) is 4.79 Å². The zero-order valence-corrected chi connectivity index (χ0v) is 11.5. The molecule has 0 bridgehead atoms. The number of likely N-dealkylation sites (N-methyl/N-ethyl adjacent to an activating group) is 1. The number of hydrogen-bond acceptors (Lipinski definition) is 3. The summed E-state index contributed by atoms with van der Waals surface area (Å²) in [4.78, 5) is 26.9. The maximum atomic E-state index is 11.9. The Balaban J connectivity index is 1.74. The lowest BCUT2D eigenvalue weighted by molar-refractivity contribution is -0.140. The maximum absolute atomic E-state index is 11.9. The van der Waals surface area contributed by atoms with Crippen LogP contribution < -0.4 is 5.32 Å². The van der Waals surface area contributed by atoms with Crippen LogP contribution in [-0.2, 0) is 4.79 Å². The second-order valence-electron chi connectivity index (χ2n) is 5.50. The zero-order valence-electron chi connectivity index (χ0n) is 11.5. The summed E-state index contributed by atoms with van der Waals surface area (Å²) >= 11 is 0. The molecule has 2 aliphatic rings. The second kappa shape index (κ2) is 6.23. The van der Waals surface area contributed by atoms with Gasteiger partial charge < -0.3 is 20.2 Å². The molecule has 108 valence electrons. The minimum absolute atomic E-state index is 0.00370. The number of amides is 3. The van der Waals surface area contributed by atoms with E-state index >= 15 is 0 Å². The van der Waals surface area contributed by atoms with Crippen LogP contribution in [0.1, 0.15) is 32.1 Å². The van der Waals surface area contributed by atoms with Crippen molar-refractivity contribution in [1.29, 1.82) is 0 Å². The van der Waals surface area contributed by atoms with Crippen LogP contribution in [0.25, 0.3) is 0 Å². The van der Waals surface area contributed by atoms with Gasteiger partial charge in [0.1, 0.15) is 6.54 Å². The predicted molar refractivity (Wildman–Crippen MR) is 70.6 cm³/mol. The van der Waals surface area contributed by atoms with Crippen LogP contribution in [-0.4, -0.2) is 65.7 Å². The fraction of sp³-hybridized carbons (Fsp3) is 0.846. The van der Waals surface area contributed by atoms with E-state index in [1.807, 2.05) is 0 Å². The topological polar surface area (TPSA) is 72.9 Å². The van der Waals surface area contributed by atoms with Crippen LogP contribution in [0, 0.1) is 0 Å². The Kier molecular flexibility index (Phi) is 4.63. The van der Waals surface area contributed by atoms with Gasteiger partial charge in [-0.25, -0.2) is 4.79 Å². The number of carbonyl (C=O) groups excluding carboxylic acids is 2. The van der Waals surface area contributed by atoms with Gasteiger partial charge in [-0.05, 0) is 19.3 Å². The van der Waals surface area contributed by atoms with E-state index < -0.39 is 0 Å². The summed E-state index contributed by atoms with van der Waals surface area (Å²) < 4.78 is 0. The third kappa shape index (κ3) is 3.37. The monoisotopic (exact) mass is 269 g/mol. The Bertz CT molecular complexity index is 340. The van der Waals surface area contributed by atoms with Crippen molar-refractivity contribution < 1.29 is 14.7 Å². The van der Waals surface area contributed by atoms with Crippen LogP contribution in [0.5, 0.6) is 0 Å². The molecule has 0 spiro atoms. The molecule has 3 amide bonds. The van der Waals surface area contributed by atoms with E-state index in [1.165, 1.54) is 17.7 Å². The Morgan fingerprint density at radius 3 is 2.53 bits per heavy atom. The third-order valence-electron chi connectivity index (χ3n) is 4.08. The number of nitrogens with zero attached hydrogens (tertiary/aromatic N) is 2. The lowest BCUT2D eigenvalue weighted by Crippen LogP contribution is -2.56. The number of carbonyl (C=O) groups is 2. The highest BCUT2D eigenvalue weighted by Crippen LogP contribution is 2.18. The summed E-state index contributed by atoms with van der Waals surface area (Å²) in [7, 11) is 1.63. The summed E-state index contributed by atoms with van der Waals surface area (Å²) in [6, 6.07) is 0.0272. The molecule has 1 atom stereocenters. The van der Waals surface area contributed by atoms with Crippen molar-refractivity contribution in [2.45, 2.75) is 44.2 Å². The smallest absolute Gasteiger partial charge is 0.317 e. The van der Waals surface area contributed by atoms with Gasteiger partial charge in [0, 0.05) is 19.6 Å². The van der Waals surface area contributed by atoms with Crippen LogP contribution in [0.2, 0.25) is 0 Å². The van der Waals surface area contributed by atoms with E-state index in [9.17, 15) is 9.59 Å². The Labute approximate surface area is 113 Å². The molecule has 2 fully saturated rings. The third-order valence-corrected chi connectivity index (χ3v) is 4.08. The minimum atomic E-state index is -0.179. The second-order valence-corrected chi connectivity index (χ2v) is 5.50. The Morgan fingerprint density at radius 2 is 2.00 bits per heavy atom. The molecule has 1 unspecified atom stereocenters. The standard InChI is InChI=1S/C13H23N3O3/c1-15(13(19)14-10-4-2-3-5-10)8-12(18)16-7-6-11(16)9-17/h10-11,17H,2-9H2,1H3,(H,14,19). The molecule has 6 nitrogen and oxygen atoms in total. The fourth-order valence-corrected chi connectivity index (χ4v) is 2.68. The van der Waals surface area contributed by atoms with Crippen LogP contribution in [0.15, 0.2) is 0 Å². The number of rotatable bonds is 4. The number of urea groups is 1. The highest BCUT2D eigenvalue weighted by molar-refractivity contribution is 5.84. The molecule has 1 heterocycles. The van der Waals surface area contributed by atoms with E-state index in [2.05, 4.69) is 5.32 Å². The van der Waals surface area contributed by atoms with E-state index in [0.29, 0.717) is 6.54 Å². The van der Waals surface area contributed by atoms with E-state index in [4.69, 9.17) is 5.11 Å². The normalized spacial score (nSPS) is 23.1. The summed E-state index contributed by atoms with van der Waals surface area (Å²) in [5.74, 6) is -0.0885. The largest absolute Gasteiger partial charge is 0.394 e. The first-order valence-electron chi connectivity index (χ1n) is 7.03. The number of nitrogens with one attached hydrogen (secondary N) is 1. The average Bonchev–Trinajstić information content (AvgIpc) is 2.80. The van der Waals surface area contributed by atoms with Gasteiger partial charge in [0.2, 0.25) is 5.91 Å². The minimum Gasteiger partial charge on any atom is -0.394 e. The van der Waals surface area contributed by atoms with Crippen molar-refractivity contribution in [2.24, 2.45) is 0 Å². The predicted octanol–water partition coefficient (Wildman–Crippen LogP) is 0.164. The fourth-order valence-electron chi connectivity index (χ4n) is 2.68. The average molecular weight is 269 g/mol. The molecule has 1 saturated carbocycles. The number of likely N-dealkylation sites (tertiary alicyclic amines) is 1. The molecule has 0 aromatic carbocycles. The summed E-state index contributed by atoms with van der Waals surface area (Å²) in [6.07, 6.45) is 5.25. The summed E-state index contributed by atoms with van der Waals surface area (Å²) in [5, 5.41) is 12.0. The molecular weight excluding hydrogens is 246 g/mol. The molecule has 6 heteroatoms. The lowest BCUT2D eigenvalue weighted by Gasteiger charge is -2.40.